The lowest BCUT2D eigenvalue weighted by atomic mass is 10.2. The van der Waals surface area contributed by atoms with Crippen molar-refractivity contribution < 1.29 is 17.7 Å². The minimum absolute atomic E-state index is 0.0168. The molecule has 0 aromatic rings. The third-order valence-electron chi connectivity index (χ3n) is 5.25. The fourth-order valence-electron chi connectivity index (χ4n) is 3.99. The first-order valence-electron chi connectivity index (χ1n) is 12.1. The van der Waals surface area contributed by atoms with E-state index in [4.69, 9.17) is 17.7 Å². The summed E-state index contributed by atoms with van der Waals surface area (Å²) in [4.78, 5) is 0. The van der Waals surface area contributed by atoms with E-state index in [1.165, 1.54) is 0 Å². The van der Waals surface area contributed by atoms with Crippen LogP contribution in [0.3, 0.4) is 0 Å². The van der Waals surface area contributed by atoms with Crippen molar-refractivity contribution in [3.05, 3.63) is 0 Å². The number of unbranched alkanes of at least 4 members (excludes halogenated alkanes) is 1. The summed E-state index contributed by atoms with van der Waals surface area (Å²) in [5, 5.41) is 0.0336. The first kappa shape index (κ1) is 30.3. The van der Waals surface area contributed by atoms with E-state index in [0.29, 0.717) is 0 Å². The fraction of sp³-hybridized carbons (Fsp3) is 1.00. The van der Waals surface area contributed by atoms with Gasteiger partial charge in [0.05, 0.1) is 0 Å². The van der Waals surface area contributed by atoms with Gasteiger partial charge < -0.3 is 17.7 Å². The van der Waals surface area contributed by atoms with E-state index in [-0.39, 0.29) is 34.5 Å². The lowest BCUT2D eigenvalue weighted by molar-refractivity contribution is 0.0839. The summed E-state index contributed by atoms with van der Waals surface area (Å²) in [7, 11) is -4.79. The van der Waals surface area contributed by atoms with Gasteiger partial charge in [-0.05, 0) is 67.5 Å². The normalized spacial score (nSPS) is 14.6. The first-order chi connectivity index (χ1) is 13.4. The van der Waals surface area contributed by atoms with Crippen LogP contribution in [-0.2, 0) is 17.7 Å². The molecule has 0 unspecified atom stereocenters. The lowest BCUT2D eigenvalue weighted by Crippen LogP contribution is -2.54. The molecule has 182 valence electrons. The monoisotopic (exact) mass is 462 g/mol. The summed E-state index contributed by atoms with van der Waals surface area (Å²) >= 11 is 0. The van der Waals surface area contributed by atoms with Gasteiger partial charge in [-0.1, -0.05) is 54.4 Å². The quantitative estimate of drug-likeness (QED) is 0.205. The Morgan fingerprint density at radius 3 is 0.800 bits per heavy atom. The van der Waals surface area contributed by atoms with Gasteiger partial charge in [-0.3, -0.25) is 0 Å². The number of hydrogen-bond acceptors (Lipinski definition) is 4. The zero-order chi connectivity index (χ0) is 24.0. The summed E-state index contributed by atoms with van der Waals surface area (Å²) in [5.41, 5.74) is 0. The van der Waals surface area contributed by atoms with Crippen molar-refractivity contribution in [2.45, 2.75) is 156 Å². The second kappa shape index (κ2) is 11.9. The second-order valence-corrected chi connectivity index (χ2v) is 19.8. The molecular formula is C24H54O4Si2. The van der Waals surface area contributed by atoms with Crippen molar-refractivity contribution in [3.63, 3.8) is 0 Å². The van der Waals surface area contributed by atoms with E-state index in [1.807, 2.05) is 0 Å². The van der Waals surface area contributed by atoms with Crippen LogP contribution in [0.1, 0.15) is 110 Å². The molecule has 0 aliphatic rings. The molecule has 0 heterocycles. The van der Waals surface area contributed by atoms with E-state index in [2.05, 4.69) is 96.9 Å². The van der Waals surface area contributed by atoms with Crippen LogP contribution in [0.2, 0.25) is 22.2 Å². The summed E-state index contributed by atoms with van der Waals surface area (Å²) < 4.78 is 26.4. The Kier molecular flexibility index (Phi) is 12.0. The standard InChI is InChI=1S/C24H54O4Si2/c1-19(2)25-29(23(9,10)11,26-20(3)4)17-15-16-18-30(24(12,13)14,27-21(5)6)28-22(7)8/h19-22H,15-18H2,1-14H3. The minimum Gasteiger partial charge on any atom is -0.391 e. The largest absolute Gasteiger partial charge is 0.391 e. The fourth-order valence-corrected chi connectivity index (χ4v) is 12.0. The molecule has 0 aliphatic heterocycles. The van der Waals surface area contributed by atoms with Crippen LogP contribution in [0.25, 0.3) is 0 Å². The van der Waals surface area contributed by atoms with Crippen LogP contribution >= 0.6 is 0 Å². The smallest absolute Gasteiger partial charge is 0.344 e. The topological polar surface area (TPSA) is 36.9 Å². The summed E-state index contributed by atoms with van der Waals surface area (Å²) in [6, 6.07) is 2.01. The van der Waals surface area contributed by atoms with Crippen LogP contribution in [0, 0.1) is 0 Å². The van der Waals surface area contributed by atoms with Gasteiger partial charge in [0.15, 0.2) is 0 Å². The van der Waals surface area contributed by atoms with Crippen LogP contribution in [0.15, 0.2) is 0 Å². The molecule has 0 bridgehead atoms. The van der Waals surface area contributed by atoms with Gasteiger partial charge in [-0.2, -0.15) is 0 Å². The van der Waals surface area contributed by atoms with Gasteiger partial charge in [0.1, 0.15) is 0 Å². The predicted octanol–water partition coefficient (Wildman–Crippen LogP) is 7.95. The first-order valence-corrected chi connectivity index (χ1v) is 16.1. The van der Waals surface area contributed by atoms with E-state index in [0.717, 1.165) is 24.9 Å². The molecule has 0 rings (SSSR count). The highest BCUT2D eigenvalue weighted by Crippen LogP contribution is 2.45. The van der Waals surface area contributed by atoms with Crippen molar-refractivity contribution >= 4 is 17.1 Å². The van der Waals surface area contributed by atoms with Crippen LogP contribution in [-0.4, -0.2) is 41.5 Å². The Labute approximate surface area is 191 Å². The molecule has 0 aromatic heterocycles. The van der Waals surface area contributed by atoms with E-state index < -0.39 is 17.1 Å². The zero-order valence-electron chi connectivity index (χ0n) is 22.8. The molecule has 0 spiro atoms. The Morgan fingerprint density at radius 1 is 0.467 bits per heavy atom. The van der Waals surface area contributed by atoms with Crippen LogP contribution in [0.5, 0.6) is 0 Å². The van der Waals surface area contributed by atoms with Crippen molar-refractivity contribution in [2.24, 2.45) is 0 Å². The Bertz CT molecular complexity index is 413. The highest BCUT2D eigenvalue weighted by Gasteiger charge is 2.52. The predicted molar refractivity (Wildman–Crippen MR) is 135 cm³/mol. The molecule has 4 nitrogen and oxygen atoms in total. The zero-order valence-corrected chi connectivity index (χ0v) is 24.8. The average molecular weight is 463 g/mol. The van der Waals surface area contributed by atoms with Gasteiger partial charge >= 0.3 is 17.1 Å². The molecule has 0 aromatic carbocycles. The van der Waals surface area contributed by atoms with Gasteiger partial charge in [0.25, 0.3) is 0 Å². The maximum absolute atomic E-state index is 6.61. The van der Waals surface area contributed by atoms with E-state index in [9.17, 15) is 0 Å². The highest BCUT2D eigenvalue weighted by atomic mass is 28.4. The Morgan fingerprint density at radius 2 is 0.667 bits per heavy atom. The minimum atomic E-state index is -2.40. The lowest BCUT2D eigenvalue weighted by Gasteiger charge is -2.45. The van der Waals surface area contributed by atoms with Crippen molar-refractivity contribution in [2.75, 3.05) is 0 Å². The number of hydrogen-bond donors (Lipinski definition) is 0. The summed E-state index contributed by atoms with van der Waals surface area (Å²) in [5.74, 6) is 0. The Hall–Kier alpha value is 0.274. The molecule has 0 amide bonds. The Balaban J connectivity index is 5.56. The summed E-state index contributed by atoms with van der Waals surface area (Å²) in [6.07, 6.45) is 2.85. The van der Waals surface area contributed by atoms with Crippen molar-refractivity contribution in [1.29, 1.82) is 0 Å². The van der Waals surface area contributed by atoms with Crippen molar-refractivity contribution in [3.8, 4) is 0 Å². The van der Waals surface area contributed by atoms with Crippen LogP contribution < -0.4 is 0 Å². The molecule has 0 radical (unpaired) electrons. The van der Waals surface area contributed by atoms with Crippen LogP contribution in [0.4, 0.5) is 0 Å². The molecule has 0 aliphatic carbocycles. The van der Waals surface area contributed by atoms with Gasteiger partial charge in [-0.25, -0.2) is 0 Å². The second-order valence-electron chi connectivity index (χ2n) is 11.9. The maximum atomic E-state index is 6.61. The van der Waals surface area contributed by atoms with Gasteiger partial charge in [0.2, 0.25) is 0 Å². The maximum Gasteiger partial charge on any atom is 0.344 e. The van der Waals surface area contributed by atoms with Gasteiger partial charge in [0, 0.05) is 34.5 Å². The molecule has 0 saturated carbocycles. The molecular weight excluding hydrogens is 408 g/mol. The molecule has 0 saturated heterocycles. The van der Waals surface area contributed by atoms with E-state index in [1.54, 1.807) is 0 Å². The average Bonchev–Trinajstić information content (AvgIpc) is 2.46. The third-order valence-corrected chi connectivity index (χ3v) is 15.3. The highest BCUT2D eigenvalue weighted by molar-refractivity contribution is 6.71. The third kappa shape index (κ3) is 9.41. The molecule has 0 N–H and O–H groups in total. The number of rotatable bonds is 13. The molecule has 30 heavy (non-hydrogen) atoms. The molecule has 0 fully saturated rings. The van der Waals surface area contributed by atoms with Crippen molar-refractivity contribution in [1.82, 2.24) is 0 Å². The van der Waals surface area contributed by atoms with E-state index >= 15 is 0 Å². The molecule has 6 heteroatoms. The van der Waals surface area contributed by atoms with Gasteiger partial charge in [-0.15, -0.1) is 0 Å². The SMILES string of the molecule is CC(C)O[Si](CCCC[Si](OC(C)C)(OC(C)C)C(C)(C)C)(OC(C)C)C(C)(C)C. The molecule has 0 atom stereocenters. The summed E-state index contributed by atoms with van der Waals surface area (Å²) in [6.45, 7) is 30.7.